The smallest absolute Gasteiger partial charge is 0.290 e. The minimum atomic E-state index is -0.732. The Morgan fingerprint density at radius 2 is 1.83 bits per heavy atom. The number of nitrogens with two attached hydrogens (primary N) is 1. The maximum Gasteiger partial charge on any atom is 0.290 e. The Morgan fingerprint density at radius 3 is 2.38 bits per heavy atom. The van der Waals surface area contributed by atoms with E-state index in [0.717, 1.165) is 19.3 Å². The molecule has 1 aliphatic heterocycles. The maximum atomic E-state index is 12.8. The van der Waals surface area contributed by atoms with Gasteiger partial charge in [0.05, 0.1) is 16.5 Å². The summed E-state index contributed by atoms with van der Waals surface area (Å²) in [6.45, 7) is 4.78. The van der Waals surface area contributed by atoms with Crippen LogP contribution in [0.1, 0.15) is 57.6 Å². The highest BCUT2D eigenvalue weighted by molar-refractivity contribution is 6.09. The number of Topliss-reactive ketones (excluding diaryl/α,β-unsaturated/α-hetero) is 1. The van der Waals surface area contributed by atoms with Gasteiger partial charge in [-0.2, -0.15) is 0 Å². The number of rotatable bonds is 11. The first-order valence-corrected chi connectivity index (χ1v) is 9.99. The SMILES string of the molecule is CC(C)CC(=O)C1=C(O)C(=O)N(CCCCCCN)C1c1ccc([N+](=O)[O-])cc1. The minimum Gasteiger partial charge on any atom is -0.503 e. The number of benzene rings is 1. The average Bonchev–Trinajstić information content (AvgIpc) is 2.92. The van der Waals surface area contributed by atoms with Crippen LogP contribution in [0.2, 0.25) is 0 Å². The summed E-state index contributed by atoms with van der Waals surface area (Å²) in [7, 11) is 0. The molecule has 0 bridgehead atoms. The second-order valence-corrected chi connectivity index (χ2v) is 7.74. The first-order chi connectivity index (χ1) is 13.8. The molecule has 1 aliphatic rings. The lowest BCUT2D eigenvalue weighted by Gasteiger charge is -2.27. The third-order valence-electron chi connectivity index (χ3n) is 4.97. The quantitative estimate of drug-likeness (QED) is 0.331. The monoisotopic (exact) mass is 403 g/mol. The van der Waals surface area contributed by atoms with Gasteiger partial charge in [0.15, 0.2) is 11.5 Å². The van der Waals surface area contributed by atoms with Gasteiger partial charge in [0.2, 0.25) is 0 Å². The Morgan fingerprint density at radius 1 is 1.21 bits per heavy atom. The molecule has 1 amide bonds. The second-order valence-electron chi connectivity index (χ2n) is 7.74. The van der Waals surface area contributed by atoms with Crippen molar-refractivity contribution in [1.29, 1.82) is 0 Å². The van der Waals surface area contributed by atoms with E-state index in [-0.39, 0.29) is 29.4 Å². The molecule has 158 valence electrons. The Kier molecular flexibility index (Phi) is 7.90. The highest BCUT2D eigenvalue weighted by Gasteiger charge is 2.43. The zero-order valence-electron chi connectivity index (χ0n) is 17.0. The van der Waals surface area contributed by atoms with E-state index in [4.69, 9.17) is 5.73 Å². The molecular weight excluding hydrogens is 374 g/mol. The number of unbranched alkanes of at least 4 members (excludes halogenated alkanes) is 3. The highest BCUT2D eigenvalue weighted by atomic mass is 16.6. The summed E-state index contributed by atoms with van der Waals surface area (Å²) in [5.74, 6) is -1.29. The topological polar surface area (TPSA) is 127 Å². The average molecular weight is 403 g/mol. The Hall–Kier alpha value is -2.74. The summed E-state index contributed by atoms with van der Waals surface area (Å²) in [6.07, 6.45) is 3.65. The molecule has 8 nitrogen and oxygen atoms in total. The molecule has 0 saturated heterocycles. The molecule has 0 aromatic heterocycles. The van der Waals surface area contributed by atoms with Crippen molar-refractivity contribution < 1.29 is 19.6 Å². The minimum absolute atomic E-state index is 0.0701. The number of carbonyl (C=O) groups is 2. The third kappa shape index (κ3) is 5.41. The fraction of sp³-hybridized carbons (Fsp3) is 0.524. The van der Waals surface area contributed by atoms with Gasteiger partial charge in [-0.25, -0.2) is 0 Å². The van der Waals surface area contributed by atoms with Crippen molar-refractivity contribution in [3.63, 3.8) is 0 Å². The summed E-state index contributed by atoms with van der Waals surface area (Å²) in [6, 6.07) is 5.04. The summed E-state index contributed by atoms with van der Waals surface area (Å²) in [5, 5.41) is 21.4. The standard InChI is InChI=1S/C21H29N3O5/c1-14(2)13-17(25)18-19(15-7-9-16(10-8-15)24(28)29)23(21(27)20(18)26)12-6-4-3-5-11-22/h7-10,14,19,26H,3-6,11-13,22H2,1-2H3. The molecule has 0 spiro atoms. The van der Waals surface area contributed by atoms with Crippen LogP contribution < -0.4 is 5.73 Å². The van der Waals surface area contributed by atoms with Gasteiger partial charge in [-0.1, -0.05) is 26.7 Å². The van der Waals surface area contributed by atoms with Crippen molar-refractivity contribution in [2.45, 2.75) is 52.0 Å². The van der Waals surface area contributed by atoms with Crippen LogP contribution in [0, 0.1) is 16.0 Å². The van der Waals surface area contributed by atoms with Crippen LogP contribution in [0.5, 0.6) is 0 Å². The lowest BCUT2D eigenvalue weighted by molar-refractivity contribution is -0.384. The number of hydrogen-bond acceptors (Lipinski definition) is 6. The van der Waals surface area contributed by atoms with Gasteiger partial charge in [0.1, 0.15) is 0 Å². The fourth-order valence-corrected chi connectivity index (χ4v) is 3.55. The van der Waals surface area contributed by atoms with Gasteiger partial charge < -0.3 is 15.7 Å². The highest BCUT2D eigenvalue weighted by Crippen LogP contribution is 2.39. The van der Waals surface area contributed by atoms with Crippen molar-refractivity contribution in [1.82, 2.24) is 4.90 Å². The van der Waals surface area contributed by atoms with Crippen molar-refractivity contribution in [2.75, 3.05) is 13.1 Å². The van der Waals surface area contributed by atoms with Gasteiger partial charge >= 0.3 is 0 Å². The second kappa shape index (κ2) is 10.2. The maximum absolute atomic E-state index is 12.8. The molecule has 0 aliphatic carbocycles. The number of nitro groups is 1. The van der Waals surface area contributed by atoms with Crippen LogP contribution in [-0.4, -0.2) is 39.7 Å². The molecule has 1 heterocycles. The third-order valence-corrected chi connectivity index (χ3v) is 4.97. The fourth-order valence-electron chi connectivity index (χ4n) is 3.55. The van der Waals surface area contributed by atoms with Gasteiger partial charge in [-0.15, -0.1) is 0 Å². The van der Waals surface area contributed by atoms with Gasteiger partial charge in [0.25, 0.3) is 11.6 Å². The molecule has 29 heavy (non-hydrogen) atoms. The number of hydrogen-bond donors (Lipinski definition) is 2. The van der Waals surface area contributed by atoms with Crippen LogP contribution >= 0.6 is 0 Å². The molecule has 2 rings (SSSR count). The first-order valence-electron chi connectivity index (χ1n) is 9.99. The number of non-ortho nitro benzene ring substituents is 1. The summed E-state index contributed by atoms with van der Waals surface area (Å²) >= 11 is 0. The van der Waals surface area contributed by atoms with E-state index in [9.17, 15) is 24.8 Å². The normalized spacial score (nSPS) is 16.8. The van der Waals surface area contributed by atoms with E-state index in [0.29, 0.717) is 25.1 Å². The molecule has 0 radical (unpaired) electrons. The molecule has 1 atom stereocenters. The number of nitro benzene ring substituents is 1. The van der Waals surface area contributed by atoms with Crippen LogP contribution in [0.3, 0.4) is 0 Å². The molecule has 8 heteroatoms. The van der Waals surface area contributed by atoms with Crippen LogP contribution in [0.4, 0.5) is 5.69 Å². The molecule has 1 unspecified atom stereocenters. The predicted molar refractivity (Wildman–Crippen MR) is 109 cm³/mol. The molecule has 0 saturated carbocycles. The number of aliphatic hydroxyl groups is 1. The van der Waals surface area contributed by atoms with Gasteiger partial charge in [-0.05, 0) is 43.0 Å². The van der Waals surface area contributed by atoms with Crippen LogP contribution in [0.15, 0.2) is 35.6 Å². The van der Waals surface area contributed by atoms with Crippen LogP contribution in [-0.2, 0) is 9.59 Å². The predicted octanol–water partition coefficient (Wildman–Crippen LogP) is 3.42. The largest absolute Gasteiger partial charge is 0.503 e. The number of aliphatic hydroxyl groups excluding tert-OH is 1. The Bertz CT molecular complexity index is 786. The molecule has 3 N–H and O–H groups in total. The summed E-state index contributed by atoms with van der Waals surface area (Å²) in [5.41, 5.74) is 6.09. The van der Waals surface area contributed by atoms with E-state index in [1.807, 2.05) is 13.8 Å². The Balaban J connectivity index is 2.33. The molecular formula is C21H29N3O5. The zero-order valence-corrected chi connectivity index (χ0v) is 17.0. The van der Waals surface area contributed by atoms with E-state index in [1.165, 1.54) is 17.0 Å². The summed E-state index contributed by atoms with van der Waals surface area (Å²) < 4.78 is 0. The van der Waals surface area contributed by atoms with Crippen molar-refractivity contribution in [2.24, 2.45) is 11.7 Å². The number of nitrogens with zero attached hydrogens (tertiary/aromatic N) is 2. The van der Waals surface area contributed by atoms with E-state index >= 15 is 0 Å². The van der Waals surface area contributed by atoms with E-state index < -0.39 is 22.6 Å². The lowest BCUT2D eigenvalue weighted by Crippen LogP contribution is -2.32. The molecule has 1 aromatic carbocycles. The molecule has 0 fully saturated rings. The molecule has 1 aromatic rings. The number of ketones is 1. The van der Waals surface area contributed by atoms with Gasteiger partial charge in [0, 0.05) is 25.1 Å². The van der Waals surface area contributed by atoms with Gasteiger partial charge in [-0.3, -0.25) is 19.7 Å². The summed E-state index contributed by atoms with van der Waals surface area (Å²) in [4.78, 5) is 37.5. The van der Waals surface area contributed by atoms with E-state index in [2.05, 4.69) is 0 Å². The Labute approximate surface area is 170 Å². The van der Waals surface area contributed by atoms with Crippen molar-refractivity contribution in [3.05, 3.63) is 51.3 Å². The first kappa shape index (κ1) is 22.5. The zero-order chi connectivity index (χ0) is 21.6. The van der Waals surface area contributed by atoms with Crippen molar-refractivity contribution >= 4 is 17.4 Å². The number of carbonyl (C=O) groups excluding carboxylic acids is 2. The lowest BCUT2D eigenvalue weighted by atomic mass is 9.92. The van der Waals surface area contributed by atoms with E-state index in [1.54, 1.807) is 12.1 Å². The van der Waals surface area contributed by atoms with Crippen LogP contribution in [0.25, 0.3) is 0 Å². The van der Waals surface area contributed by atoms with Crippen molar-refractivity contribution in [3.8, 4) is 0 Å². The number of amides is 1.